The lowest BCUT2D eigenvalue weighted by molar-refractivity contribution is -0.176. The molecule has 0 aliphatic heterocycles. The fourth-order valence-corrected chi connectivity index (χ4v) is 6.58. The number of aromatic nitrogens is 2. The number of benzene rings is 2. The van der Waals surface area contributed by atoms with Crippen molar-refractivity contribution in [1.29, 1.82) is 0 Å². The van der Waals surface area contributed by atoms with Crippen molar-refractivity contribution in [3.8, 4) is 0 Å². The van der Waals surface area contributed by atoms with Crippen LogP contribution in [-0.4, -0.2) is 45.6 Å². The van der Waals surface area contributed by atoms with Crippen LogP contribution in [0.3, 0.4) is 0 Å². The molecule has 2 aromatic heterocycles. The van der Waals surface area contributed by atoms with Crippen LogP contribution in [-0.2, 0) is 33.3 Å². The van der Waals surface area contributed by atoms with Gasteiger partial charge in [0.1, 0.15) is 20.2 Å². The molecule has 0 spiro atoms. The van der Waals surface area contributed by atoms with Crippen molar-refractivity contribution in [3.63, 3.8) is 0 Å². The molecule has 36 heavy (non-hydrogen) atoms. The van der Waals surface area contributed by atoms with Gasteiger partial charge >= 0.3 is 0 Å². The summed E-state index contributed by atoms with van der Waals surface area (Å²) in [5.41, 5.74) is 1.45. The predicted octanol–water partition coefficient (Wildman–Crippen LogP) is 2.75. The lowest BCUT2D eigenvalue weighted by atomic mass is 10.3. The average molecular weight is 583 g/mol. The minimum absolute atomic E-state index is 0. The Balaban J connectivity index is 0.00000158. The Morgan fingerprint density at radius 1 is 0.750 bits per heavy atom. The summed E-state index contributed by atoms with van der Waals surface area (Å²) in [6.07, 6.45) is 0. The van der Waals surface area contributed by atoms with Gasteiger partial charge in [-0.25, -0.2) is 16.8 Å². The monoisotopic (exact) mass is 582 g/mol. The van der Waals surface area contributed by atoms with E-state index in [1.165, 1.54) is 46.9 Å². The second-order valence-corrected chi connectivity index (χ2v) is 11.4. The Morgan fingerprint density at radius 3 is 1.36 bits per heavy atom. The fraction of sp³-hybridized carbons (Fsp3) is 0.222. The van der Waals surface area contributed by atoms with E-state index in [0.717, 1.165) is 11.0 Å². The van der Waals surface area contributed by atoms with E-state index in [4.69, 9.17) is 10.5 Å². The van der Waals surface area contributed by atoms with E-state index in [-0.39, 0.29) is 22.1 Å². The summed E-state index contributed by atoms with van der Waals surface area (Å²) in [7, 11) is -9.14. The zero-order valence-corrected chi connectivity index (χ0v) is 22.9. The molecule has 18 heteroatoms. The van der Waals surface area contributed by atoms with E-state index < -0.39 is 20.2 Å². The van der Waals surface area contributed by atoms with Gasteiger partial charge < -0.3 is 30.5 Å². The highest BCUT2D eigenvalue weighted by atomic mass is 32.2. The summed E-state index contributed by atoms with van der Waals surface area (Å²) in [6.45, 7) is 4.89. The van der Waals surface area contributed by atoms with Crippen LogP contribution in [0.1, 0.15) is 13.8 Å². The number of fused-ring (bicyclic) bond motifs is 2. The Kier molecular flexibility index (Phi) is 10.6. The number of nitrogens with zero attached hydrogens (tertiary/aromatic N) is 4. The van der Waals surface area contributed by atoms with E-state index >= 15 is 0 Å². The average Bonchev–Trinajstić information content (AvgIpc) is 3.33. The number of hydrogen-bond acceptors (Lipinski definition) is 12. The first-order valence-electron chi connectivity index (χ1n) is 9.49. The Hall–Kier alpha value is -2.52. The molecule has 0 unspecified atom stereocenters. The molecule has 200 valence electrons. The molecule has 14 nitrogen and oxygen atoms in total. The molecule has 2 heterocycles. The van der Waals surface area contributed by atoms with Crippen LogP contribution in [0.5, 0.6) is 0 Å². The second kappa shape index (κ2) is 12.1. The third-order valence-electron chi connectivity index (χ3n) is 4.74. The molecule has 0 aliphatic rings. The maximum absolute atomic E-state index is 11.3. The highest BCUT2D eigenvalue weighted by Crippen LogP contribution is 2.23. The van der Waals surface area contributed by atoms with Gasteiger partial charge in [0, 0.05) is 13.1 Å². The van der Waals surface area contributed by atoms with E-state index in [1.54, 1.807) is 12.1 Å². The summed E-state index contributed by atoms with van der Waals surface area (Å²) in [4.78, 5) is 0.391. The lowest BCUT2D eigenvalue weighted by Gasteiger charge is -2.06. The first-order valence-corrected chi connectivity index (χ1v) is 13.9. The van der Waals surface area contributed by atoms with Gasteiger partial charge in [-0.05, 0) is 50.2 Å². The molecule has 0 fully saturated rings. The highest BCUT2D eigenvalue weighted by Gasteiger charge is 2.10. The lowest BCUT2D eigenvalue weighted by Crippen LogP contribution is -2.16. The van der Waals surface area contributed by atoms with Crippen LogP contribution in [0.4, 0.5) is 0 Å². The molecule has 10 N–H and O–H groups in total. The quantitative estimate of drug-likeness (QED) is 0.154. The number of hydrogen-bond donors (Lipinski definition) is 4. The largest absolute Gasteiger partial charge is 0.744 e. The third kappa shape index (κ3) is 6.24. The zero-order chi connectivity index (χ0) is 25.3. The smallest absolute Gasteiger partial charge is 0.211 e. The van der Waals surface area contributed by atoms with E-state index in [9.17, 15) is 25.9 Å². The topological polar surface area (TPSA) is 262 Å². The zero-order valence-electron chi connectivity index (χ0n) is 19.6. The molecule has 0 saturated carbocycles. The number of quaternary nitrogens is 2. The minimum atomic E-state index is -4.57. The summed E-state index contributed by atoms with van der Waals surface area (Å²) in [6, 6.07) is 8.31. The highest BCUT2D eigenvalue weighted by molar-refractivity contribution is 7.86. The maximum Gasteiger partial charge on any atom is 0.211 e. The van der Waals surface area contributed by atoms with Crippen molar-refractivity contribution in [2.75, 3.05) is 0 Å². The van der Waals surface area contributed by atoms with Gasteiger partial charge in [-0.15, -0.1) is 10.2 Å². The molecule has 0 radical (unpaired) electrons. The van der Waals surface area contributed by atoms with Crippen molar-refractivity contribution >= 4 is 63.3 Å². The number of rotatable bonds is 5. The van der Waals surface area contributed by atoms with E-state index in [1.807, 2.05) is 23.0 Å². The summed E-state index contributed by atoms with van der Waals surface area (Å²) in [5.74, 6) is 0. The van der Waals surface area contributed by atoms with Gasteiger partial charge in [-0.3, -0.25) is 10.5 Å². The van der Waals surface area contributed by atoms with Crippen LogP contribution < -0.4 is 21.9 Å². The van der Waals surface area contributed by atoms with Gasteiger partial charge in [-0.1, -0.05) is 22.7 Å². The van der Waals surface area contributed by atoms with Gasteiger partial charge in [0.2, 0.25) is 9.60 Å². The molecule has 4 rings (SSSR count). The SMILES string of the molecule is CCn1/c(=N\N=c2\sc3cc(S(=O)(=O)[O-])ccc3n2CC)sc2cc(S(=O)(=O)[O-])ccc21.OO.[NH4+].[NH4+]. The van der Waals surface area contributed by atoms with Crippen LogP contribution in [0, 0.1) is 0 Å². The van der Waals surface area contributed by atoms with Gasteiger partial charge in [0.05, 0.1) is 30.2 Å². The Bertz CT molecular complexity index is 1590. The van der Waals surface area contributed by atoms with Gasteiger partial charge in [0.15, 0.2) is 0 Å². The number of thiazole rings is 2. The normalized spacial score (nSPS) is 12.7. The Labute approximate surface area is 213 Å². The van der Waals surface area contributed by atoms with Crippen molar-refractivity contribution in [2.45, 2.75) is 36.7 Å². The van der Waals surface area contributed by atoms with Crippen LogP contribution in [0.15, 0.2) is 56.4 Å². The Morgan fingerprint density at radius 2 is 1.08 bits per heavy atom. The number of aryl methyl sites for hydroxylation is 2. The fourth-order valence-electron chi connectivity index (χ4n) is 3.27. The predicted molar refractivity (Wildman–Crippen MR) is 135 cm³/mol. The molecular formula is C18H26N6O8S4. The van der Waals surface area contributed by atoms with Crippen molar-refractivity contribution in [2.24, 2.45) is 10.2 Å². The van der Waals surface area contributed by atoms with Crippen LogP contribution >= 0.6 is 22.7 Å². The van der Waals surface area contributed by atoms with Crippen molar-refractivity contribution in [1.82, 2.24) is 21.4 Å². The molecule has 2 aromatic carbocycles. The second-order valence-electron chi connectivity index (χ2n) is 6.63. The molecule has 0 aliphatic carbocycles. The van der Waals surface area contributed by atoms with Crippen LogP contribution in [0.25, 0.3) is 20.4 Å². The third-order valence-corrected chi connectivity index (χ3v) is 8.46. The van der Waals surface area contributed by atoms with Crippen molar-refractivity contribution < 1.29 is 36.5 Å². The maximum atomic E-state index is 11.3. The summed E-state index contributed by atoms with van der Waals surface area (Å²) in [5, 5.41) is 20.7. The molecule has 0 atom stereocenters. The first kappa shape index (κ1) is 31.5. The van der Waals surface area contributed by atoms with E-state index in [2.05, 4.69) is 10.2 Å². The standard InChI is InChI=1S/C18H18N4O6S4.2H3N.H2O2/c1-3-21-13-7-5-11(31(23,24)25)9-15(13)29-17(21)19-20-18-22(4-2)14-8-6-12(32(26,27)28)10-16(14)30-18;;;1-2/h5-10H,3-4H2,1-2H3,(H,23,24,25)(H,26,27,28);2*1H3;1-2H/b19-17+,20-18+;;;. The molecule has 0 amide bonds. The summed E-state index contributed by atoms with van der Waals surface area (Å²) >= 11 is 2.40. The molecule has 0 bridgehead atoms. The van der Waals surface area contributed by atoms with Crippen LogP contribution in [0.2, 0.25) is 0 Å². The van der Waals surface area contributed by atoms with E-state index in [0.29, 0.717) is 32.1 Å². The van der Waals surface area contributed by atoms with Crippen molar-refractivity contribution in [3.05, 3.63) is 46.0 Å². The minimum Gasteiger partial charge on any atom is -0.744 e. The van der Waals surface area contributed by atoms with Gasteiger partial charge in [-0.2, -0.15) is 0 Å². The molecule has 0 saturated heterocycles. The molecular weight excluding hydrogens is 557 g/mol. The molecule has 4 aromatic rings. The van der Waals surface area contributed by atoms with Gasteiger partial charge in [0.25, 0.3) is 0 Å². The summed E-state index contributed by atoms with van der Waals surface area (Å²) < 4.78 is 72.9. The first-order chi connectivity index (χ1) is 16.0.